The summed E-state index contributed by atoms with van der Waals surface area (Å²) in [5.41, 5.74) is 5.96. The lowest BCUT2D eigenvalue weighted by Gasteiger charge is -2.13. The molecule has 1 aliphatic heterocycles. The molecule has 1 amide bonds. The van der Waals surface area contributed by atoms with Crippen LogP contribution in [0.1, 0.15) is 6.42 Å². The Morgan fingerprint density at radius 2 is 2.25 bits per heavy atom. The van der Waals surface area contributed by atoms with Gasteiger partial charge in [0.2, 0.25) is 5.95 Å². The molecule has 0 aliphatic carbocycles. The van der Waals surface area contributed by atoms with E-state index in [9.17, 15) is 4.79 Å². The van der Waals surface area contributed by atoms with Crippen LogP contribution in [0.25, 0.3) is 0 Å². The van der Waals surface area contributed by atoms with Crippen LogP contribution < -0.4 is 11.1 Å². The number of nitrogen functional groups attached to an aromatic ring is 1. The molecule has 0 spiro atoms. The fourth-order valence-electron chi connectivity index (χ4n) is 1.65. The maximum absolute atomic E-state index is 10.7. The number of nitrogens with one attached hydrogen (secondary N) is 1. The summed E-state index contributed by atoms with van der Waals surface area (Å²) < 4.78 is 0. The molecule has 0 unspecified atom stereocenters. The molecule has 2 heterocycles. The van der Waals surface area contributed by atoms with Gasteiger partial charge < -0.3 is 21.1 Å². The lowest BCUT2D eigenvalue weighted by Crippen LogP contribution is -2.30. The molecule has 0 saturated carbocycles. The number of nitrogens with two attached hydrogens (primary N) is 1. The highest BCUT2D eigenvalue weighted by atomic mass is 16.4. The van der Waals surface area contributed by atoms with Crippen molar-refractivity contribution in [2.75, 3.05) is 24.1 Å². The van der Waals surface area contributed by atoms with Crippen molar-refractivity contribution >= 4 is 17.7 Å². The fourth-order valence-corrected chi connectivity index (χ4v) is 1.65. The molecule has 7 nitrogen and oxygen atoms in total. The van der Waals surface area contributed by atoms with Crippen LogP contribution in [0.4, 0.5) is 16.4 Å². The van der Waals surface area contributed by atoms with E-state index in [1.165, 1.54) is 17.3 Å². The molecule has 1 aliphatic rings. The highest BCUT2D eigenvalue weighted by molar-refractivity contribution is 5.65. The van der Waals surface area contributed by atoms with Crippen molar-refractivity contribution in [1.82, 2.24) is 14.9 Å². The number of carbonyl (C=O) groups is 1. The first-order valence-corrected chi connectivity index (χ1v) is 4.97. The minimum atomic E-state index is -0.887. The fraction of sp³-hybridized carbons (Fsp3) is 0.444. The lowest BCUT2D eigenvalue weighted by molar-refractivity contribution is 0.155. The van der Waals surface area contributed by atoms with Crippen molar-refractivity contribution in [3.05, 3.63) is 12.4 Å². The Labute approximate surface area is 92.3 Å². The van der Waals surface area contributed by atoms with E-state index in [0.717, 1.165) is 6.42 Å². The van der Waals surface area contributed by atoms with Crippen LogP contribution in [0.15, 0.2) is 12.4 Å². The predicted octanol–water partition coefficient (Wildman–Crippen LogP) is 0.223. The van der Waals surface area contributed by atoms with Crippen molar-refractivity contribution in [2.24, 2.45) is 0 Å². The number of amides is 1. The molecule has 2 rings (SSSR count). The number of hydrogen-bond acceptors (Lipinski definition) is 5. The quantitative estimate of drug-likeness (QED) is 0.662. The van der Waals surface area contributed by atoms with Gasteiger partial charge in [0.1, 0.15) is 0 Å². The Bertz CT molecular complexity index is 380. The van der Waals surface area contributed by atoms with Crippen LogP contribution in [0, 0.1) is 0 Å². The normalized spacial score (nSPS) is 19.8. The SMILES string of the molecule is Nc1cnc(N[C@H]2CCN(C(=O)O)C2)nc1. The van der Waals surface area contributed by atoms with Gasteiger partial charge in [-0.05, 0) is 6.42 Å². The molecule has 0 radical (unpaired) electrons. The first kappa shape index (κ1) is 10.5. The van der Waals surface area contributed by atoms with Gasteiger partial charge in [-0.3, -0.25) is 0 Å². The number of nitrogens with zero attached hydrogens (tertiary/aromatic N) is 3. The highest BCUT2D eigenvalue weighted by Gasteiger charge is 2.25. The monoisotopic (exact) mass is 223 g/mol. The molecular formula is C9H13N5O2. The van der Waals surface area contributed by atoms with Gasteiger partial charge in [-0.2, -0.15) is 0 Å². The predicted molar refractivity (Wildman–Crippen MR) is 58.1 cm³/mol. The van der Waals surface area contributed by atoms with Gasteiger partial charge in [0, 0.05) is 19.1 Å². The van der Waals surface area contributed by atoms with E-state index in [4.69, 9.17) is 10.8 Å². The number of carboxylic acid groups (broad SMARTS) is 1. The number of rotatable bonds is 2. The van der Waals surface area contributed by atoms with E-state index in [1.807, 2.05) is 0 Å². The van der Waals surface area contributed by atoms with Gasteiger partial charge in [-0.25, -0.2) is 14.8 Å². The molecule has 16 heavy (non-hydrogen) atoms. The van der Waals surface area contributed by atoms with E-state index in [2.05, 4.69) is 15.3 Å². The van der Waals surface area contributed by atoms with E-state index in [0.29, 0.717) is 24.7 Å². The minimum absolute atomic E-state index is 0.0692. The molecule has 7 heteroatoms. The third kappa shape index (κ3) is 2.30. The molecule has 86 valence electrons. The zero-order valence-electron chi connectivity index (χ0n) is 8.63. The van der Waals surface area contributed by atoms with E-state index >= 15 is 0 Å². The summed E-state index contributed by atoms with van der Waals surface area (Å²) in [6.45, 7) is 1.01. The van der Waals surface area contributed by atoms with Gasteiger partial charge in [0.15, 0.2) is 0 Å². The van der Waals surface area contributed by atoms with Crippen LogP contribution in [0.2, 0.25) is 0 Å². The van der Waals surface area contributed by atoms with E-state index < -0.39 is 6.09 Å². The van der Waals surface area contributed by atoms with Crippen molar-refractivity contribution in [3.8, 4) is 0 Å². The smallest absolute Gasteiger partial charge is 0.407 e. The van der Waals surface area contributed by atoms with E-state index in [1.54, 1.807) is 0 Å². The largest absolute Gasteiger partial charge is 0.465 e. The van der Waals surface area contributed by atoms with Crippen LogP contribution in [-0.4, -0.2) is 45.2 Å². The first-order valence-electron chi connectivity index (χ1n) is 4.97. The van der Waals surface area contributed by atoms with E-state index in [-0.39, 0.29) is 6.04 Å². The molecule has 1 fully saturated rings. The Balaban J connectivity index is 1.92. The number of hydrogen-bond donors (Lipinski definition) is 3. The summed E-state index contributed by atoms with van der Waals surface area (Å²) in [5.74, 6) is 0.478. The lowest BCUT2D eigenvalue weighted by atomic mass is 10.3. The van der Waals surface area contributed by atoms with Gasteiger partial charge in [-0.1, -0.05) is 0 Å². The number of likely N-dealkylation sites (tertiary alicyclic amines) is 1. The van der Waals surface area contributed by atoms with Gasteiger partial charge in [0.05, 0.1) is 18.1 Å². The maximum atomic E-state index is 10.7. The minimum Gasteiger partial charge on any atom is -0.465 e. The van der Waals surface area contributed by atoms with Crippen molar-refractivity contribution in [3.63, 3.8) is 0 Å². The maximum Gasteiger partial charge on any atom is 0.407 e. The Morgan fingerprint density at radius 1 is 1.56 bits per heavy atom. The average Bonchev–Trinajstić information content (AvgIpc) is 2.70. The first-order chi connectivity index (χ1) is 7.65. The van der Waals surface area contributed by atoms with Crippen LogP contribution in [0.3, 0.4) is 0 Å². The molecule has 1 saturated heterocycles. The molecule has 1 aromatic rings. The average molecular weight is 223 g/mol. The summed E-state index contributed by atoms with van der Waals surface area (Å²) in [4.78, 5) is 20.1. The second kappa shape index (κ2) is 4.21. The molecular weight excluding hydrogens is 210 g/mol. The van der Waals surface area contributed by atoms with Gasteiger partial charge in [-0.15, -0.1) is 0 Å². The van der Waals surface area contributed by atoms with Crippen molar-refractivity contribution in [2.45, 2.75) is 12.5 Å². The molecule has 0 bridgehead atoms. The summed E-state index contributed by atoms with van der Waals surface area (Å²) in [7, 11) is 0. The summed E-state index contributed by atoms with van der Waals surface area (Å²) in [6, 6.07) is 0.0692. The third-order valence-electron chi connectivity index (χ3n) is 2.46. The Hall–Kier alpha value is -2.05. The standard InChI is InChI=1S/C9H13N5O2/c10-6-3-11-8(12-4-6)13-7-1-2-14(5-7)9(15)16/h3-4,7H,1-2,5,10H2,(H,15,16)(H,11,12,13)/t7-/m0/s1. The Morgan fingerprint density at radius 3 is 2.81 bits per heavy atom. The van der Waals surface area contributed by atoms with Crippen LogP contribution >= 0.6 is 0 Å². The van der Waals surface area contributed by atoms with Gasteiger partial charge >= 0.3 is 6.09 Å². The second-order valence-electron chi connectivity index (χ2n) is 3.70. The third-order valence-corrected chi connectivity index (χ3v) is 2.46. The molecule has 1 atom stereocenters. The second-order valence-corrected chi connectivity index (χ2v) is 3.70. The topological polar surface area (TPSA) is 104 Å². The Kier molecular flexibility index (Phi) is 2.76. The summed E-state index contributed by atoms with van der Waals surface area (Å²) >= 11 is 0. The number of anilines is 2. The number of aromatic nitrogens is 2. The summed E-state index contributed by atoms with van der Waals surface area (Å²) in [6.07, 6.45) is 2.90. The zero-order valence-corrected chi connectivity index (χ0v) is 8.63. The highest BCUT2D eigenvalue weighted by Crippen LogP contribution is 2.13. The molecule has 1 aromatic heterocycles. The van der Waals surface area contributed by atoms with Crippen LogP contribution in [0.5, 0.6) is 0 Å². The van der Waals surface area contributed by atoms with Crippen molar-refractivity contribution < 1.29 is 9.90 Å². The van der Waals surface area contributed by atoms with Crippen molar-refractivity contribution in [1.29, 1.82) is 0 Å². The zero-order chi connectivity index (χ0) is 11.5. The summed E-state index contributed by atoms with van der Waals surface area (Å²) in [5, 5.41) is 11.9. The van der Waals surface area contributed by atoms with Crippen LogP contribution in [-0.2, 0) is 0 Å². The molecule has 4 N–H and O–H groups in total. The molecule has 0 aromatic carbocycles. The van der Waals surface area contributed by atoms with Gasteiger partial charge in [0.25, 0.3) is 0 Å².